The molecule has 4 rings (SSSR count). The molecule has 1 aromatic carbocycles. The average Bonchev–Trinajstić information content (AvgIpc) is 2.92. The van der Waals surface area contributed by atoms with E-state index in [-0.39, 0.29) is 11.4 Å². The molecule has 0 spiro atoms. The molecule has 23 heavy (non-hydrogen) atoms. The standard InChI is InChI=1S/C18H15FN2OS/c19-12-5-3-4-11(10-12)8-9-15-20-17(22)16-13-6-1-2-7-14(13)23-18(16)21-15/h3-5,8-10H,1-2,6-7H2,(H,20,21,22). The molecule has 3 aromatic rings. The van der Waals surface area contributed by atoms with Crippen LogP contribution in [0.2, 0.25) is 0 Å². The lowest BCUT2D eigenvalue weighted by Gasteiger charge is -2.09. The van der Waals surface area contributed by atoms with E-state index in [1.807, 2.05) is 0 Å². The van der Waals surface area contributed by atoms with Crippen LogP contribution in [0.3, 0.4) is 0 Å². The van der Waals surface area contributed by atoms with Gasteiger partial charge in [-0.05, 0) is 55.0 Å². The first-order valence-electron chi connectivity index (χ1n) is 7.69. The molecule has 5 heteroatoms. The predicted molar refractivity (Wildman–Crippen MR) is 92.2 cm³/mol. The van der Waals surface area contributed by atoms with Crippen molar-refractivity contribution in [3.05, 3.63) is 62.3 Å². The molecule has 1 N–H and O–H groups in total. The quantitative estimate of drug-likeness (QED) is 0.768. The maximum atomic E-state index is 13.2. The average molecular weight is 326 g/mol. The highest BCUT2D eigenvalue weighted by Crippen LogP contribution is 2.33. The third kappa shape index (κ3) is 2.72. The fourth-order valence-corrected chi connectivity index (χ4v) is 4.31. The molecule has 2 aromatic heterocycles. The highest BCUT2D eigenvalue weighted by Gasteiger charge is 2.19. The third-order valence-corrected chi connectivity index (χ3v) is 5.31. The third-order valence-electron chi connectivity index (χ3n) is 4.13. The molecule has 0 radical (unpaired) electrons. The Morgan fingerprint density at radius 3 is 2.96 bits per heavy atom. The first-order valence-corrected chi connectivity index (χ1v) is 8.50. The van der Waals surface area contributed by atoms with E-state index in [0.29, 0.717) is 5.82 Å². The number of thiophene rings is 1. The fraction of sp³-hybridized carbons (Fsp3) is 0.222. The lowest BCUT2D eigenvalue weighted by Crippen LogP contribution is -2.11. The van der Waals surface area contributed by atoms with Gasteiger partial charge < -0.3 is 4.98 Å². The highest BCUT2D eigenvalue weighted by molar-refractivity contribution is 7.18. The Hall–Kier alpha value is -2.27. The van der Waals surface area contributed by atoms with Crippen molar-refractivity contribution in [2.24, 2.45) is 0 Å². The Morgan fingerprint density at radius 2 is 2.09 bits per heavy atom. The van der Waals surface area contributed by atoms with Crippen molar-refractivity contribution in [2.45, 2.75) is 25.7 Å². The minimum atomic E-state index is -0.282. The predicted octanol–water partition coefficient (Wildman–Crippen LogP) is 4.17. The molecular weight excluding hydrogens is 311 g/mol. The summed E-state index contributed by atoms with van der Waals surface area (Å²) in [6, 6.07) is 6.30. The van der Waals surface area contributed by atoms with Crippen LogP contribution in [0.25, 0.3) is 22.4 Å². The summed E-state index contributed by atoms with van der Waals surface area (Å²) in [7, 11) is 0. The van der Waals surface area contributed by atoms with Crippen molar-refractivity contribution >= 4 is 33.7 Å². The minimum Gasteiger partial charge on any atom is -0.306 e. The Morgan fingerprint density at radius 1 is 1.22 bits per heavy atom. The molecular formula is C18H15FN2OS. The van der Waals surface area contributed by atoms with Crippen LogP contribution in [0, 0.1) is 5.82 Å². The minimum absolute atomic E-state index is 0.0757. The van der Waals surface area contributed by atoms with Gasteiger partial charge in [-0.2, -0.15) is 0 Å². The number of rotatable bonds is 2. The maximum Gasteiger partial charge on any atom is 0.260 e. The SMILES string of the molecule is O=c1[nH]c(C=Cc2cccc(F)c2)nc2sc3c(c12)CCCC3. The molecule has 116 valence electrons. The maximum absolute atomic E-state index is 13.2. The van der Waals surface area contributed by atoms with Gasteiger partial charge in [0.05, 0.1) is 5.39 Å². The summed E-state index contributed by atoms with van der Waals surface area (Å²) in [5, 5.41) is 0.757. The molecule has 0 unspecified atom stereocenters. The van der Waals surface area contributed by atoms with Gasteiger partial charge >= 0.3 is 0 Å². The van der Waals surface area contributed by atoms with Crippen LogP contribution in [0.1, 0.15) is 34.7 Å². The normalized spacial score (nSPS) is 14.5. The van der Waals surface area contributed by atoms with E-state index in [4.69, 9.17) is 0 Å². The smallest absolute Gasteiger partial charge is 0.260 e. The van der Waals surface area contributed by atoms with E-state index in [0.717, 1.165) is 35.0 Å². The van der Waals surface area contributed by atoms with Gasteiger partial charge in [-0.25, -0.2) is 9.37 Å². The second-order valence-electron chi connectivity index (χ2n) is 5.73. The van der Waals surface area contributed by atoms with E-state index < -0.39 is 0 Å². The Labute approximate surface area is 136 Å². The van der Waals surface area contributed by atoms with Gasteiger partial charge in [-0.3, -0.25) is 4.79 Å². The van der Waals surface area contributed by atoms with Gasteiger partial charge in [-0.15, -0.1) is 11.3 Å². The van der Waals surface area contributed by atoms with Crippen LogP contribution < -0.4 is 5.56 Å². The first kappa shape index (κ1) is 14.3. The number of benzene rings is 1. The Kier molecular flexibility index (Phi) is 3.58. The number of halogens is 1. The molecule has 0 saturated carbocycles. The summed E-state index contributed by atoms with van der Waals surface area (Å²) in [5.41, 5.74) is 1.84. The largest absolute Gasteiger partial charge is 0.306 e. The number of hydrogen-bond donors (Lipinski definition) is 1. The van der Waals surface area contributed by atoms with E-state index in [1.165, 1.54) is 29.0 Å². The first-order chi connectivity index (χ1) is 11.2. The summed E-state index contributed by atoms with van der Waals surface area (Å²) in [4.78, 5) is 21.9. The van der Waals surface area contributed by atoms with Crippen molar-refractivity contribution in [3.8, 4) is 0 Å². The molecule has 3 nitrogen and oxygen atoms in total. The molecule has 0 fully saturated rings. The van der Waals surface area contributed by atoms with E-state index in [1.54, 1.807) is 35.6 Å². The number of aryl methyl sites for hydroxylation is 2. The zero-order chi connectivity index (χ0) is 15.8. The number of H-pyrrole nitrogens is 1. The summed E-state index contributed by atoms with van der Waals surface area (Å²) in [6.07, 6.45) is 7.81. The van der Waals surface area contributed by atoms with Gasteiger partial charge in [0.25, 0.3) is 5.56 Å². The number of aromatic nitrogens is 2. The van der Waals surface area contributed by atoms with Gasteiger partial charge in [0.2, 0.25) is 0 Å². The molecule has 0 atom stereocenters. The summed E-state index contributed by atoms with van der Waals surface area (Å²) >= 11 is 1.63. The summed E-state index contributed by atoms with van der Waals surface area (Å²) in [5.74, 6) is 0.223. The van der Waals surface area contributed by atoms with E-state index in [9.17, 15) is 9.18 Å². The fourth-order valence-electron chi connectivity index (χ4n) is 3.04. The van der Waals surface area contributed by atoms with Gasteiger partial charge in [0.1, 0.15) is 16.5 Å². The van der Waals surface area contributed by atoms with Crippen molar-refractivity contribution in [1.29, 1.82) is 0 Å². The lowest BCUT2D eigenvalue weighted by atomic mass is 9.97. The Balaban J connectivity index is 1.75. The van der Waals surface area contributed by atoms with Crippen molar-refractivity contribution in [2.75, 3.05) is 0 Å². The lowest BCUT2D eigenvalue weighted by molar-refractivity contribution is 0.627. The molecule has 1 aliphatic rings. The number of nitrogens with zero attached hydrogens (tertiary/aromatic N) is 1. The van der Waals surface area contributed by atoms with Crippen LogP contribution in [0.4, 0.5) is 4.39 Å². The molecule has 0 saturated heterocycles. The number of nitrogens with one attached hydrogen (secondary N) is 1. The van der Waals surface area contributed by atoms with Crippen LogP contribution in [0.15, 0.2) is 29.1 Å². The summed E-state index contributed by atoms with van der Waals surface area (Å²) in [6.45, 7) is 0. The van der Waals surface area contributed by atoms with Crippen LogP contribution in [0.5, 0.6) is 0 Å². The molecule has 2 heterocycles. The van der Waals surface area contributed by atoms with Crippen molar-refractivity contribution in [3.63, 3.8) is 0 Å². The highest BCUT2D eigenvalue weighted by atomic mass is 32.1. The molecule has 1 aliphatic carbocycles. The second-order valence-corrected chi connectivity index (χ2v) is 6.81. The van der Waals surface area contributed by atoms with Crippen LogP contribution in [-0.2, 0) is 12.8 Å². The van der Waals surface area contributed by atoms with Crippen LogP contribution >= 0.6 is 11.3 Å². The number of aromatic amines is 1. The zero-order valence-corrected chi connectivity index (χ0v) is 13.3. The van der Waals surface area contributed by atoms with Crippen molar-refractivity contribution in [1.82, 2.24) is 9.97 Å². The number of hydrogen-bond acceptors (Lipinski definition) is 3. The van der Waals surface area contributed by atoms with Crippen molar-refractivity contribution < 1.29 is 4.39 Å². The molecule has 0 aliphatic heterocycles. The Bertz CT molecular complexity index is 971. The zero-order valence-electron chi connectivity index (χ0n) is 12.4. The van der Waals surface area contributed by atoms with E-state index >= 15 is 0 Å². The van der Waals surface area contributed by atoms with Crippen LogP contribution in [-0.4, -0.2) is 9.97 Å². The van der Waals surface area contributed by atoms with Gasteiger partial charge in [0.15, 0.2) is 0 Å². The summed E-state index contributed by atoms with van der Waals surface area (Å²) < 4.78 is 13.2. The van der Waals surface area contributed by atoms with Gasteiger partial charge in [0, 0.05) is 4.88 Å². The molecule has 0 amide bonds. The number of fused-ring (bicyclic) bond motifs is 3. The monoisotopic (exact) mass is 326 g/mol. The van der Waals surface area contributed by atoms with Gasteiger partial charge in [-0.1, -0.05) is 18.2 Å². The molecule has 0 bridgehead atoms. The van der Waals surface area contributed by atoms with E-state index in [2.05, 4.69) is 9.97 Å². The second kappa shape index (κ2) is 5.74. The topological polar surface area (TPSA) is 45.8 Å².